The molecule has 3 heteroatoms. The minimum Gasteiger partial charge on any atom is -0.378 e. The molecular formula is C25H52O3. The zero-order valence-electron chi connectivity index (χ0n) is 19.8. The summed E-state index contributed by atoms with van der Waals surface area (Å²) in [6, 6.07) is 0. The summed E-state index contributed by atoms with van der Waals surface area (Å²) in [5, 5.41) is 8.37. The second-order valence-electron chi connectivity index (χ2n) is 9.50. The van der Waals surface area contributed by atoms with E-state index in [1.54, 1.807) is 0 Å². The van der Waals surface area contributed by atoms with Crippen molar-refractivity contribution in [2.75, 3.05) is 13.2 Å². The summed E-state index contributed by atoms with van der Waals surface area (Å²) in [6.45, 7) is 10.6. The Labute approximate surface area is 176 Å². The van der Waals surface area contributed by atoms with Crippen LogP contribution in [0, 0.1) is 5.41 Å². The lowest BCUT2D eigenvalue weighted by atomic mass is 9.87. The zero-order chi connectivity index (χ0) is 20.9. The Bertz CT molecular complexity index is 290. The van der Waals surface area contributed by atoms with E-state index >= 15 is 0 Å². The standard InChI is InChI=1S/C25H52O3/c1-5-7-9-11-15-19-24(20-16-12-10-8-6-2)27-23-25(3,4)21-17-13-14-18-22-28-26/h24,26H,5-23H2,1-4H3. The average molecular weight is 401 g/mol. The highest BCUT2D eigenvalue weighted by molar-refractivity contribution is 4.70. The Morgan fingerprint density at radius 1 is 0.679 bits per heavy atom. The molecule has 0 bridgehead atoms. The lowest BCUT2D eigenvalue weighted by molar-refractivity contribution is -0.242. The van der Waals surface area contributed by atoms with Crippen LogP contribution in [0.2, 0.25) is 0 Å². The summed E-state index contributed by atoms with van der Waals surface area (Å²) < 4.78 is 6.46. The van der Waals surface area contributed by atoms with Crippen molar-refractivity contribution in [3.05, 3.63) is 0 Å². The molecule has 0 rings (SSSR count). The van der Waals surface area contributed by atoms with Crippen LogP contribution >= 0.6 is 0 Å². The predicted molar refractivity (Wildman–Crippen MR) is 122 cm³/mol. The van der Waals surface area contributed by atoms with E-state index in [-0.39, 0.29) is 5.41 Å². The molecule has 0 aromatic heterocycles. The van der Waals surface area contributed by atoms with Gasteiger partial charge < -0.3 is 4.74 Å². The molecule has 0 aromatic carbocycles. The van der Waals surface area contributed by atoms with E-state index in [1.807, 2.05) is 0 Å². The van der Waals surface area contributed by atoms with Gasteiger partial charge in [0.15, 0.2) is 0 Å². The molecule has 0 aromatic rings. The molecule has 0 aliphatic carbocycles. The van der Waals surface area contributed by atoms with Crippen molar-refractivity contribution < 1.29 is 14.9 Å². The van der Waals surface area contributed by atoms with Crippen LogP contribution in [0.3, 0.4) is 0 Å². The molecular weight excluding hydrogens is 348 g/mol. The first-order valence-corrected chi connectivity index (χ1v) is 12.4. The molecule has 0 spiro atoms. The summed E-state index contributed by atoms with van der Waals surface area (Å²) in [4.78, 5) is 4.14. The van der Waals surface area contributed by atoms with Gasteiger partial charge in [-0.25, -0.2) is 4.89 Å². The van der Waals surface area contributed by atoms with E-state index in [1.165, 1.54) is 96.3 Å². The van der Waals surface area contributed by atoms with E-state index in [2.05, 4.69) is 32.6 Å². The van der Waals surface area contributed by atoms with E-state index < -0.39 is 0 Å². The third-order valence-corrected chi connectivity index (χ3v) is 5.81. The second-order valence-corrected chi connectivity index (χ2v) is 9.50. The first kappa shape index (κ1) is 27.9. The van der Waals surface area contributed by atoms with Gasteiger partial charge in [0.1, 0.15) is 0 Å². The molecule has 0 aliphatic rings. The number of hydrogen-bond donors (Lipinski definition) is 1. The Morgan fingerprint density at radius 2 is 1.18 bits per heavy atom. The number of ether oxygens (including phenoxy) is 1. The molecule has 0 radical (unpaired) electrons. The molecule has 0 heterocycles. The maximum atomic E-state index is 8.37. The van der Waals surface area contributed by atoms with Gasteiger partial charge >= 0.3 is 0 Å². The van der Waals surface area contributed by atoms with Crippen molar-refractivity contribution in [2.45, 2.75) is 143 Å². The van der Waals surface area contributed by atoms with Gasteiger partial charge in [0.2, 0.25) is 0 Å². The molecule has 3 nitrogen and oxygen atoms in total. The van der Waals surface area contributed by atoms with Crippen molar-refractivity contribution in [2.24, 2.45) is 5.41 Å². The van der Waals surface area contributed by atoms with Crippen molar-refractivity contribution >= 4 is 0 Å². The molecule has 0 unspecified atom stereocenters. The third kappa shape index (κ3) is 19.2. The first-order valence-electron chi connectivity index (χ1n) is 12.4. The van der Waals surface area contributed by atoms with Crippen LogP contribution in [0.5, 0.6) is 0 Å². The number of hydrogen-bond acceptors (Lipinski definition) is 3. The van der Waals surface area contributed by atoms with Gasteiger partial charge in [0.05, 0.1) is 19.3 Å². The Hall–Kier alpha value is -0.120. The van der Waals surface area contributed by atoms with E-state index in [9.17, 15) is 0 Å². The van der Waals surface area contributed by atoms with E-state index in [4.69, 9.17) is 9.99 Å². The van der Waals surface area contributed by atoms with Gasteiger partial charge in [-0.05, 0) is 31.1 Å². The van der Waals surface area contributed by atoms with Gasteiger partial charge in [-0.1, -0.05) is 111 Å². The number of unbranched alkanes of at least 4 members (excludes halogenated alkanes) is 11. The Kier molecular flexibility index (Phi) is 20.1. The summed E-state index contributed by atoms with van der Waals surface area (Å²) in [5.41, 5.74) is 0.260. The van der Waals surface area contributed by atoms with Crippen molar-refractivity contribution in [3.63, 3.8) is 0 Å². The molecule has 0 atom stereocenters. The summed E-state index contributed by atoms with van der Waals surface area (Å²) in [7, 11) is 0. The molecule has 28 heavy (non-hydrogen) atoms. The highest BCUT2D eigenvalue weighted by Crippen LogP contribution is 2.26. The fourth-order valence-electron chi connectivity index (χ4n) is 3.80. The van der Waals surface area contributed by atoms with Crippen LogP contribution in [0.25, 0.3) is 0 Å². The van der Waals surface area contributed by atoms with Gasteiger partial charge in [0, 0.05) is 0 Å². The quantitative estimate of drug-likeness (QED) is 0.112. The predicted octanol–water partition coefficient (Wildman–Crippen LogP) is 8.56. The molecule has 0 saturated heterocycles. The fourth-order valence-corrected chi connectivity index (χ4v) is 3.80. The topological polar surface area (TPSA) is 38.7 Å². The highest BCUT2D eigenvalue weighted by atomic mass is 17.1. The van der Waals surface area contributed by atoms with Gasteiger partial charge in [0.25, 0.3) is 0 Å². The van der Waals surface area contributed by atoms with Gasteiger partial charge in [-0.3, -0.25) is 5.26 Å². The minimum atomic E-state index is 0.260. The molecule has 0 fully saturated rings. The van der Waals surface area contributed by atoms with E-state index in [0.29, 0.717) is 12.7 Å². The lowest BCUT2D eigenvalue weighted by Gasteiger charge is -2.28. The molecule has 0 amide bonds. The van der Waals surface area contributed by atoms with Gasteiger partial charge in [-0.2, -0.15) is 0 Å². The van der Waals surface area contributed by atoms with Crippen molar-refractivity contribution in [1.82, 2.24) is 0 Å². The summed E-state index contributed by atoms with van der Waals surface area (Å²) in [5.74, 6) is 0. The first-order chi connectivity index (χ1) is 13.6. The van der Waals surface area contributed by atoms with Crippen LogP contribution < -0.4 is 0 Å². The highest BCUT2D eigenvalue weighted by Gasteiger charge is 2.20. The van der Waals surface area contributed by atoms with Crippen LogP contribution in [-0.4, -0.2) is 24.6 Å². The maximum Gasteiger partial charge on any atom is 0.0819 e. The molecule has 0 saturated carbocycles. The normalized spacial score (nSPS) is 12.2. The van der Waals surface area contributed by atoms with Crippen LogP contribution in [-0.2, 0) is 9.62 Å². The summed E-state index contributed by atoms with van der Waals surface area (Å²) in [6.07, 6.45) is 22.2. The summed E-state index contributed by atoms with van der Waals surface area (Å²) >= 11 is 0. The second kappa shape index (κ2) is 20.2. The smallest absolute Gasteiger partial charge is 0.0819 e. The lowest BCUT2D eigenvalue weighted by Crippen LogP contribution is -2.24. The van der Waals surface area contributed by atoms with Crippen molar-refractivity contribution in [1.29, 1.82) is 0 Å². The third-order valence-electron chi connectivity index (χ3n) is 5.81. The monoisotopic (exact) mass is 400 g/mol. The molecule has 170 valence electrons. The van der Waals surface area contributed by atoms with Gasteiger partial charge in [-0.15, -0.1) is 0 Å². The van der Waals surface area contributed by atoms with Crippen LogP contribution in [0.4, 0.5) is 0 Å². The largest absolute Gasteiger partial charge is 0.378 e. The Morgan fingerprint density at radius 3 is 1.71 bits per heavy atom. The SMILES string of the molecule is CCCCCCCC(CCCCCCC)OCC(C)(C)CCCCCCOO. The minimum absolute atomic E-state index is 0.260. The zero-order valence-corrected chi connectivity index (χ0v) is 19.8. The Balaban J connectivity index is 4.10. The van der Waals surface area contributed by atoms with Crippen molar-refractivity contribution in [3.8, 4) is 0 Å². The molecule has 1 N–H and O–H groups in total. The average Bonchev–Trinajstić information content (AvgIpc) is 2.67. The van der Waals surface area contributed by atoms with E-state index in [0.717, 1.165) is 19.4 Å². The van der Waals surface area contributed by atoms with Crippen LogP contribution in [0.1, 0.15) is 137 Å². The maximum absolute atomic E-state index is 8.37. The van der Waals surface area contributed by atoms with Crippen LogP contribution in [0.15, 0.2) is 0 Å². The fraction of sp³-hybridized carbons (Fsp3) is 1.00. The molecule has 0 aliphatic heterocycles. The number of rotatable bonds is 22.